The molecule has 1 saturated carbocycles. The highest BCUT2D eigenvalue weighted by atomic mass is 32.2. The molecular formula is C15H18N4O2S. The van der Waals surface area contributed by atoms with Crippen LogP contribution in [-0.2, 0) is 16.4 Å². The summed E-state index contributed by atoms with van der Waals surface area (Å²) in [7, 11) is -3.44. The van der Waals surface area contributed by atoms with E-state index in [1.807, 2.05) is 34.9 Å². The van der Waals surface area contributed by atoms with Gasteiger partial charge in [0.1, 0.15) is 12.2 Å². The number of hydrogen-bond acceptors (Lipinski definition) is 4. The normalized spacial score (nSPS) is 15.5. The fourth-order valence-corrected chi connectivity index (χ4v) is 3.01. The molecule has 1 aromatic heterocycles. The molecule has 0 saturated heterocycles. The van der Waals surface area contributed by atoms with Gasteiger partial charge in [-0.1, -0.05) is 30.3 Å². The van der Waals surface area contributed by atoms with E-state index in [1.165, 1.54) is 5.41 Å². The first-order chi connectivity index (χ1) is 10.6. The molecule has 0 unspecified atom stereocenters. The Hall–Kier alpha value is -1.99. The third-order valence-electron chi connectivity index (χ3n) is 3.48. The van der Waals surface area contributed by atoms with E-state index in [0.717, 1.165) is 24.2 Å². The molecule has 1 heterocycles. The Kier molecular flexibility index (Phi) is 4.35. The van der Waals surface area contributed by atoms with Crippen molar-refractivity contribution in [2.75, 3.05) is 6.54 Å². The summed E-state index contributed by atoms with van der Waals surface area (Å²) in [5, 5.41) is 9.14. The first-order valence-electron chi connectivity index (χ1n) is 7.25. The van der Waals surface area contributed by atoms with Gasteiger partial charge < -0.3 is 4.57 Å². The van der Waals surface area contributed by atoms with Gasteiger partial charge in [-0.25, -0.2) is 13.1 Å². The predicted molar refractivity (Wildman–Crippen MR) is 84.4 cm³/mol. The third kappa shape index (κ3) is 4.02. The first-order valence-corrected chi connectivity index (χ1v) is 8.80. The molecule has 7 heteroatoms. The molecule has 0 amide bonds. The summed E-state index contributed by atoms with van der Waals surface area (Å²) in [4.78, 5) is 0. The zero-order valence-corrected chi connectivity index (χ0v) is 12.9. The lowest BCUT2D eigenvalue weighted by Gasteiger charge is -2.05. The average molecular weight is 318 g/mol. The third-order valence-corrected chi connectivity index (χ3v) is 4.58. The fourth-order valence-electron chi connectivity index (χ4n) is 2.19. The van der Waals surface area contributed by atoms with E-state index in [4.69, 9.17) is 0 Å². The van der Waals surface area contributed by atoms with Crippen molar-refractivity contribution in [2.45, 2.75) is 25.3 Å². The van der Waals surface area contributed by atoms with E-state index < -0.39 is 10.0 Å². The topological polar surface area (TPSA) is 76.9 Å². The second-order valence-corrected chi connectivity index (χ2v) is 6.94. The molecule has 6 nitrogen and oxygen atoms in total. The fraction of sp³-hybridized carbons (Fsp3) is 0.333. The minimum absolute atomic E-state index is 0.312. The molecule has 1 N–H and O–H groups in total. The van der Waals surface area contributed by atoms with Gasteiger partial charge >= 0.3 is 0 Å². The molecule has 1 aliphatic carbocycles. The van der Waals surface area contributed by atoms with Crippen molar-refractivity contribution in [3.63, 3.8) is 0 Å². The van der Waals surface area contributed by atoms with Gasteiger partial charge in [0.15, 0.2) is 0 Å². The molecular weight excluding hydrogens is 300 g/mol. The van der Waals surface area contributed by atoms with Crippen LogP contribution in [0.4, 0.5) is 0 Å². The minimum atomic E-state index is -3.44. The highest BCUT2D eigenvalue weighted by Gasteiger charge is 2.25. The quantitative estimate of drug-likeness (QED) is 0.843. The van der Waals surface area contributed by atoms with Crippen LogP contribution in [0.5, 0.6) is 0 Å². The van der Waals surface area contributed by atoms with Crippen molar-refractivity contribution < 1.29 is 8.42 Å². The monoisotopic (exact) mass is 318 g/mol. The minimum Gasteiger partial charge on any atom is -0.314 e. The maximum Gasteiger partial charge on any atom is 0.233 e. The number of aromatic nitrogens is 3. The van der Waals surface area contributed by atoms with Crippen LogP contribution in [0.15, 0.2) is 42.1 Å². The van der Waals surface area contributed by atoms with Crippen LogP contribution in [0.25, 0.3) is 6.08 Å². The van der Waals surface area contributed by atoms with Crippen LogP contribution >= 0.6 is 0 Å². The van der Waals surface area contributed by atoms with Crippen molar-refractivity contribution in [1.29, 1.82) is 0 Å². The Balaban J connectivity index is 1.54. The Labute approximate surface area is 129 Å². The maximum atomic E-state index is 11.9. The smallest absolute Gasteiger partial charge is 0.233 e. The van der Waals surface area contributed by atoms with Crippen LogP contribution in [0.3, 0.4) is 0 Å². The molecule has 2 aromatic rings. The molecule has 0 radical (unpaired) electrons. The van der Waals surface area contributed by atoms with E-state index in [0.29, 0.717) is 19.0 Å². The number of nitrogens with zero attached hydrogens (tertiary/aromatic N) is 3. The lowest BCUT2D eigenvalue weighted by molar-refractivity contribution is 0.587. The van der Waals surface area contributed by atoms with Gasteiger partial charge in [-0.15, -0.1) is 10.2 Å². The number of sulfonamides is 1. The standard InChI is InChI=1S/C15H18N4O2S/c20-22(21,11-9-13-4-2-1-3-5-13)17-10-8-15-18-16-12-19(15)14-6-7-14/h1-5,9,11-12,14,17H,6-8,10H2/b11-9+. The van der Waals surface area contributed by atoms with Gasteiger partial charge in [0.05, 0.1) is 0 Å². The summed E-state index contributed by atoms with van der Waals surface area (Å²) in [6, 6.07) is 9.82. The van der Waals surface area contributed by atoms with Gasteiger partial charge in [-0.05, 0) is 24.5 Å². The van der Waals surface area contributed by atoms with Crippen molar-refractivity contribution in [1.82, 2.24) is 19.5 Å². The van der Waals surface area contributed by atoms with E-state index in [2.05, 4.69) is 14.9 Å². The summed E-state index contributed by atoms with van der Waals surface area (Å²) in [5.74, 6) is 0.831. The van der Waals surface area contributed by atoms with Crippen molar-refractivity contribution in [3.05, 3.63) is 53.5 Å². The molecule has 0 atom stereocenters. The molecule has 0 bridgehead atoms. The number of rotatable bonds is 7. The molecule has 0 aliphatic heterocycles. The number of hydrogen-bond donors (Lipinski definition) is 1. The SMILES string of the molecule is O=S(=O)(/C=C/c1ccccc1)NCCc1nncn1C1CC1. The lowest BCUT2D eigenvalue weighted by atomic mass is 10.2. The Morgan fingerprint density at radius 3 is 2.77 bits per heavy atom. The number of nitrogens with one attached hydrogen (secondary N) is 1. The summed E-state index contributed by atoms with van der Waals surface area (Å²) < 4.78 is 28.4. The van der Waals surface area contributed by atoms with E-state index in [1.54, 1.807) is 12.4 Å². The average Bonchev–Trinajstić information content (AvgIpc) is 3.26. The van der Waals surface area contributed by atoms with Gasteiger partial charge in [0, 0.05) is 24.4 Å². The van der Waals surface area contributed by atoms with Gasteiger partial charge in [0.25, 0.3) is 0 Å². The van der Waals surface area contributed by atoms with Crippen LogP contribution in [0.1, 0.15) is 30.3 Å². The molecule has 0 spiro atoms. The largest absolute Gasteiger partial charge is 0.314 e. The van der Waals surface area contributed by atoms with E-state index >= 15 is 0 Å². The summed E-state index contributed by atoms with van der Waals surface area (Å²) in [6.45, 7) is 0.312. The van der Waals surface area contributed by atoms with Crippen LogP contribution in [-0.4, -0.2) is 29.7 Å². The van der Waals surface area contributed by atoms with Crippen molar-refractivity contribution in [3.8, 4) is 0 Å². The second kappa shape index (κ2) is 6.41. The van der Waals surface area contributed by atoms with Crippen LogP contribution in [0, 0.1) is 0 Å². The zero-order valence-electron chi connectivity index (χ0n) is 12.1. The van der Waals surface area contributed by atoms with E-state index in [-0.39, 0.29) is 0 Å². The summed E-state index contributed by atoms with van der Waals surface area (Å²) in [5.41, 5.74) is 0.848. The first kappa shape index (κ1) is 14.9. The van der Waals surface area contributed by atoms with Gasteiger partial charge in [-0.3, -0.25) is 0 Å². The second-order valence-electron chi connectivity index (χ2n) is 5.29. The number of benzene rings is 1. The zero-order chi connectivity index (χ0) is 15.4. The van der Waals surface area contributed by atoms with Crippen LogP contribution in [0.2, 0.25) is 0 Å². The molecule has 1 aromatic carbocycles. The summed E-state index contributed by atoms with van der Waals surface area (Å²) in [6.07, 6.45) is 6.13. The van der Waals surface area contributed by atoms with Crippen molar-refractivity contribution in [2.24, 2.45) is 0 Å². The Bertz CT molecular complexity index is 749. The lowest BCUT2D eigenvalue weighted by Crippen LogP contribution is -2.24. The molecule has 3 rings (SSSR count). The molecule has 1 fully saturated rings. The molecule has 116 valence electrons. The summed E-state index contributed by atoms with van der Waals surface area (Å²) >= 11 is 0. The molecule has 22 heavy (non-hydrogen) atoms. The predicted octanol–water partition coefficient (Wildman–Crippen LogP) is 1.75. The molecule has 1 aliphatic rings. The van der Waals surface area contributed by atoms with E-state index in [9.17, 15) is 8.42 Å². The Morgan fingerprint density at radius 2 is 2.05 bits per heavy atom. The van der Waals surface area contributed by atoms with Gasteiger partial charge in [-0.2, -0.15) is 0 Å². The van der Waals surface area contributed by atoms with Gasteiger partial charge in [0.2, 0.25) is 10.0 Å². The van der Waals surface area contributed by atoms with Crippen molar-refractivity contribution >= 4 is 16.1 Å². The highest BCUT2D eigenvalue weighted by Crippen LogP contribution is 2.35. The highest BCUT2D eigenvalue weighted by molar-refractivity contribution is 7.92. The van der Waals surface area contributed by atoms with Crippen LogP contribution < -0.4 is 4.72 Å². The maximum absolute atomic E-state index is 11.9. The Morgan fingerprint density at radius 1 is 1.27 bits per heavy atom.